The summed E-state index contributed by atoms with van der Waals surface area (Å²) in [5.41, 5.74) is 0.626. The Labute approximate surface area is 138 Å². The Hall–Kier alpha value is -2.32. The van der Waals surface area contributed by atoms with E-state index in [1.54, 1.807) is 32.9 Å². The van der Waals surface area contributed by atoms with Crippen molar-refractivity contribution in [2.75, 3.05) is 6.54 Å². The molecule has 2 rings (SSSR count). The van der Waals surface area contributed by atoms with Crippen LogP contribution in [0.15, 0.2) is 27.4 Å². The van der Waals surface area contributed by atoms with Gasteiger partial charge in [-0.1, -0.05) is 6.07 Å². The van der Waals surface area contributed by atoms with E-state index >= 15 is 0 Å². The summed E-state index contributed by atoms with van der Waals surface area (Å²) in [6.45, 7) is 5.40. The van der Waals surface area contributed by atoms with Crippen LogP contribution in [0.3, 0.4) is 0 Å². The highest BCUT2D eigenvalue weighted by atomic mass is 16.6. The number of H-pyrrole nitrogens is 1. The van der Waals surface area contributed by atoms with Crippen LogP contribution >= 0.6 is 0 Å². The lowest BCUT2D eigenvalue weighted by molar-refractivity contribution is 0.0123. The van der Waals surface area contributed by atoms with Crippen molar-refractivity contribution >= 4 is 17.2 Å². The van der Waals surface area contributed by atoms with Crippen LogP contribution in [-0.2, 0) is 4.74 Å². The van der Waals surface area contributed by atoms with Crippen LogP contribution in [0.5, 0.6) is 0 Å². The second kappa shape index (κ2) is 7.06. The molecule has 0 saturated heterocycles. The molecule has 0 aliphatic carbocycles. The van der Waals surface area contributed by atoms with Crippen molar-refractivity contribution in [2.45, 2.75) is 45.0 Å². The second-order valence-electron chi connectivity index (χ2n) is 6.50. The van der Waals surface area contributed by atoms with Crippen LogP contribution in [0.25, 0.3) is 11.1 Å². The summed E-state index contributed by atoms with van der Waals surface area (Å²) in [5.74, 6) is -0.584. The van der Waals surface area contributed by atoms with E-state index in [0.29, 0.717) is 16.7 Å². The molecule has 0 fully saturated rings. The van der Waals surface area contributed by atoms with Gasteiger partial charge in [0.2, 0.25) is 0 Å². The van der Waals surface area contributed by atoms with Crippen LogP contribution in [0.1, 0.15) is 38.9 Å². The largest absolute Gasteiger partial charge is 0.444 e. The summed E-state index contributed by atoms with van der Waals surface area (Å²) in [6, 6.07) is 4.66. The summed E-state index contributed by atoms with van der Waals surface area (Å²) in [6.07, 6.45) is -2.71. The molecule has 8 heteroatoms. The van der Waals surface area contributed by atoms with Crippen molar-refractivity contribution < 1.29 is 24.2 Å². The van der Waals surface area contributed by atoms with E-state index in [1.165, 1.54) is 6.07 Å². The van der Waals surface area contributed by atoms with Crippen LogP contribution < -0.4 is 11.1 Å². The van der Waals surface area contributed by atoms with Gasteiger partial charge in [-0.15, -0.1) is 0 Å². The smallest absolute Gasteiger partial charge is 0.417 e. The molecule has 0 aliphatic heterocycles. The number of aromatic nitrogens is 1. The molecule has 4 N–H and O–H groups in total. The number of fused-ring (bicyclic) bond motifs is 1. The lowest BCUT2D eigenvalue weighted by Crippen LogP contribution is -2.34. The Morgan fingerprint density at radius 2 is 2.08 bits per heavy atom. The number of carbonyl (C=O) groups is 1. The van der Waals surface area contributed by atoms with E-state index in [-0.39, 0.29) is 13.0 Å². The van der Waals surface area contributed by atoms with Gasteiger partial charge in [-0.3, -0.25) is 4.98 Å². The zero-order valence-electron chi connectivity index (χ0n) is 13.8. The fraction of sp³-hybridized carbons (Fsp3) is 0.500. The van der Waals surface area contributed by atoms with E-state index in [0.717, 1.165) is 0 Å². The van der Waals surface area contributed by atoms with Gasteiger partial charge in [0.25, 0.3) is 0 Å². The van der Waals surface area contributed by atoms with Crippen LogP contribution in [0.4, 0.5) is 4.79 Å². The molecule has 0 radical (unpaired) electrons. The fourth-order valence-electron chi connectivity index (χ4n) is 2.16. The number of carbonyl (C=O) groups excluding carboxylic acids is 1. The predicted molar refractivity (Wildman–Crippen MR) is 86.7 cm³/mol. The monoisotopic (exact) mass is 338 g/mol. The highest BCUT2D eigenvalue weighted by molar-refractivity contribution is 5.72. The minimum absolute atomic E-state index is 0.134. The standard InChI is InChI=1S/C16H22N2O6/c1-16(2,3)24-14(21)17-7-6-11(19)13(20)9-4-5-10-12(8-9)23-15(22)18-10/h4-5,8,11,13,19-20H,6-7H2,1-3H3,(H,17,21)(H,18,22). The Morgan fingerprint density at radius 1 is 1.38 bits per heavy atom. The number of ether oxygens (including phenoxy) is 1. The average Bonchev–Trinajstić information content (AvgIpc) is 2.83. The maximum absolute atomic E-state index is 11.5. The SMILES string of the molecule is CC(C)(C)OC(=O)NCCC(O)C(O)c1ccc2[nH]c(=O)oc2c1. The molecule has 1 aromatic heterocycles. The van der Waals surface area contributed by atoms with Crippen molar-refractivity contribution in [3.63, 3.8) is 0 Å². The Morgan fingerprint density at radius 3 is 2.75 bits per heavy atom. The minimum Gasteiger partial charge on any atom is -0.444 e. The summed E-state index contributed by atoms with van der Waals surface area (Å²) in [7, 11) is 0. The zero-order valence-corrected chi connectivity index (χ0v) is 13.8. The number of alkyl carbamates (subject to hydrolysis) is 1. The zero-order chi connectivity index (χ0) is 17.9. The predicted octanol–water partition coefficient (Wildman–Crippen LogP) is 1.43. The van der Waals surface area contributed by atoms with E-state index < -0.39 is 29.7 Å². The van der Waals surface area contributed by atoms with Crippen LogP contribution in [-0.4, -0.2) is 39.5 Å². The molecule has 0 spiro atoms. The molecule has 0 saturated carbocycles. The Kier molecular flexibility index (Phi) is 5.30. The molecule has 1 heterocycles. The van der Waals surface area contributed by atoms with Gasteiger partial charge in [0, 0.05) is 6.54 Å². The van der Waals surface area contributed by atoms with Gasteiger partial charge in [0.15, 0.2) is 5.58 Å². The number of oxazole rings is 1. The van der Waals surface area contributed by atoms with Gasteiger partial charge < -0.3 is 24.7 Å². The number of rotatable bonds is 5. The van der Waals surface area contributed by atoms with E-state index in [9.17, 15) is 19.8 Å². The Balaban J connectivity index is 1.90. The van der Waals surface area contributed by atoms with E-state index in [1.807, 2.05) is 0 Å². The maximum Gasteiger partial charge on any atom is 0.417 e. The third kappa shape index (κ3) is 4.84. The topological polar surface area (TPSA) is 125 Å². The third-order valence-electron chi connectivity index (χ3n) is 3.26. The van der Waals surface area contributed by atoms with E-state index in [4.69, 9.17) is 9.15 Å². The first-order valence-electron chi connectivity index (χ1n) is 7.61. The fourth-order valence-corrected chi connectivity index (χ4v) is 2.16. The van der Waals surface area contributed by atoms with Gasteiger partial charge >= 0.3 is 11.8 Å². The third-order valence-corrected chi connectivity index (χ3v) is 3.26. The van der Waals surface area contributed by atoms with Crippen molar-refractivity contribution in [1.29, 1.82) is 0 Å². The summed E-state index contributed by atoms with van der Waals surface area (Å²) in [4.78, 5) is 25.1. The van der Waals surface area contributed by atoms with Crippen molar-refractivity contribution in [3.8, 4) is 0 Å². The van der Waals surface area contributed by atoms with Gasteiger partial charge in [-0.05, 0) is 44.9 Å². The highest BCUT2D eigenvalue weighted by Crippen LogP contribution is 2.22. The number of hydrogen-bond donors (Lipinski definition) is 4. The number of amides is 1. The van der Waals surface area contributed by atoms with Crippen molar-refractivity contribution in [2.24, 2.45) is 0 Å². The first-order chi connectivity index (χ1) is 11.2. The molecule has 1 amide bonds. The summed E-state index contributed by atoms with van der Waals surface area (Å²) >= 11 is 0. The highest BCUT2D eigenvalue weighted by Gasteiger charge is 2.20. The molecule has 1 aromatic carbocycles. The number of hydrogen-bond acceptors (Lipinski definition) is 6. The van der Waals surface area contributed by atoms with Gasteiger partial charge in [0.1, 0.15) is 11.7 Å². The lowest BCUT2D eigenvalue weighted by atomic mass is 10.0. The number of aliphatic hydroxyl groups excluding tert-OH is 2. The number of aromatic amines is 1. The molecule has 24 heavy (non-hydrogen) atoms. The summed E-state index contributed by atoms with van der Waals surface area (Å²) in [5, 5.41) is 22.7. The first-order valence-corrected chi connectivity index (χ1v) is 7.61. The van der Waals surface area contributed by atoms with Crippen molar-refractivity contribution in [1.82, 2.24) is 10.3 Å². The first kappa shape index (κ1) is 18.0. The maximum atomic E-state index is 11.5. The van der Waals surface area contributed by atoms with Crippen LogP contribution in [0, 0.1) is 0 Å². The molecular weight excluding hydrogens is 316 g/mol. The molecule has 8 nitrogen and oxygen atoms in total. The molecule has 2 atom stereocenters. The van der Waals surface area contributed by atoms with Gasteiger partial charge in [-0.25, -0.2) is 9.59 Å². The van der Waals surface area contributed by atoms with Gasteiger partial charge in [0.05, 0.1) is 11.6 Å². The normalized spacial score (nSPS) is 14.4. The molecule has 0 aliphatic rings. The number of aliphatic hydroxyl groups is 2. The average molecular weight is 338 g/mol. The molecule has 2 aromatic rings. The van der Waals surface area contributed by atoms with Crippen LogP contribution in [0.2, 0.25) is 0 Å². The molecular formula is C16H22N2O6. The quantitative estimate of drug-likeness (QED) is 0.653. The molecule has 0 bridgehead atoms. The molecule has 132 valence electrons. The number of nitrogens with one attached hydrogen (secondary N) is 2. The second-order valence-corrected chi connectivity index (χ2v) is 6.50. The minimum atomic E-state index is -1.17. The lowest BCUT2D eigenvalue weighted by Gasteiger charge is -2.21. The van der Waals surface area contributed by atoms with E-state index in [2.05, 4.69) is 10.3 Å². The van der Waals surface area contributed by atoms with Gasteiger partial charge in [-0.2, -0.15) is 0 Å². The molecule has 2 unspecified atom stereocenters. The van der Waals surface area contributed by atoms with Crippen molar-refractivity contribution in [3.05, 3.63) is 34.3 Å². The number of benzene rings is 1. The summed E-state index contributed by atoms with van der Waals surface area (Å²) < 4.78 is 10.00. The Bertz CT molecular complexity index is 758.